The van der Waals surface area contributed by atoms with Gasteiger partial charge in [-0.2, -0.15) is 16.8 Å². The molecule has 0 saturated heterocycles. The van der Waals surface area contributed by atoms with Crippen molar-refractivity contribution in [3.8, 4) is 0 Å². The highest BCUT2D eigenvalue weighted by Gasteiger charge is 2.56. The van der Waals surface area contributed by atoms with E-state index in [2.05, 4.69) is 11.4 Å². The summed E-state index contributed by atoms with van der Waals surface area (Å²) in [5, 5.41) is 2.16. The largest absolute Gasteiger partial charge is 0.346 e. The minimum Gasteiger partial charge on any atom is -0.346 e. The summed E-state index contributed by atoms with van der Waals surface area (Å²) in [7, 11) is -10.6. The average molecular weight is 342 g/mol. The fourth-order valence-electron chi connectivity index (χ4n) is 1.94. The van der Waals surface area contributed by atoms with Gasteiger partial charge in [-0.3, -0.25) is 9.11 Å². The first-order valence-corrected chi connectivity index (χ1v) is 8.81. The quantitative estimate of drug-likeness (QED) is 0.704. The van der Waals surface area contributed by atoms with E-state index < -0.39 is 24.4 Å². The zero-order valence-electron chi connectivity index (χ0n) is 11.0. The Kier molecular flexibility index (Phi) is 4.25. The van der Waals surface area contributed by atoms with Crippen LogP contribution in [0.25, 0.3) is 0 Å². The minimum absolute atomic E-state index is 0.0402. The lowest BCUT2D eigenvalue weighted by Crippen LogP contribution is -2.49. The third-order valence-corrected chi connectivity index (χ3v) is 6.28. The van der Waals surface area contributed by atoms with E-state index in [0.29, 0.717) is 0 Å². The Morgan fingerprint density at radius 3 is 1.86 bits per heavy atom. The van der Waals surface area contributed by atoms with Crippen LogP contribution in [0.3, 0.4) is 0 Å². The highest BCUT2D eigenvalue weighted by atomic mass is 32.3. The van der Waals surface area contributed by atoms with Crippen LogP contribution in [-0.2, 0) is 24.4 Å². The zero-order valence-corrected chi connectivity index (χ0v) is 12.7. The molecule has 0 bridgehead atoms. The minimum atomic E-state index is -5.30. The second kappa shape index (κ2) is 5.69. The van der Waals surface area contributed by atoms with Crippen molar-refractivity contribution in [2.24, 2.45) is 0 Å². The maximum atomic E-state index is 11.8. The van der Waals surface area contributed by atoms with Crippen molar-refractivity contribution >= 4 is 25.9 Å². The summed E-state index contributed by atoms with van der Waals surface area (Å²) >= 11 is 0. The third-order valence-electron chi connectivity index (χ3n) is 2.89. The van der Waals surface area contributed by atoms with E-state index in [1.54, 1.807) is 6.07 Å². The summed E-state index contributed by atoms with van der Waals surface area (Å²) in [6, 6.07) is 15.0. The second-order valence-corrected chi connectivity index (χ2v) is 7.72. The summed E-state index contributed by atoms with van der Waals surface area (Å²) in [5.41, 5.74) is -0.404. The predicted molar refractivity (Wildman–Crippen MR) is 80.1 cm³/mol. The van der Waals surface area contributed by atoms with Crippen LogP contribution in [0, 0.1) is 6.07 Å². The molecule has 1 radical (unpaired) electrons. The standard InChI is InChI=1S/C13H12NO6S2/c15-21(16,17)13(22(18,19)20,11-7-3-1-4-8-11)14-12-9-5-2-6-10-12/h1-9,14H,(H,15,16,17)(H,18,19,20). The average Bonchev–Trinajstić information content (AvgIpc) is 2.44. The van der Waals surface area contributed by atoms with Gasteiger partial charge >= 0.3 is 24.4 Å². The highest BCUT2D eigenvalue weighted by molar-refractivity contribution is 8.04. The number of nitrogens with one attached hydrogen (secondary N) is 1. The second-order valence-electron chi connectivity index (χ2n) is 4.33. The van der Waals surface area contributed by atoms with Gasteiger partial charge in [-0.15, -0.1) is 0 Å². The van der Waals surface area contributed by atoms with Crippen LogP contribution in [0.2, 0.25) is 0 Å². The Morgan fingerprint density at radius 2 is 1.41 bits per heavy atom. The van der Waals surface area contributed by atoms with Crippen LogP contribution < -0.4 is 5.32 Å². The molecule has 0 aromatic heterocycles. The number of anilines is 1. The van der Waals surface area contributed by atoms with Crippen molar-refractivity contribution in [1.82, 2.24) is 0 Å². The van der Waals surface area contributed by atoms with E-state index in [1.807, 2.05) is 0 Å². The number of para-hydroxylation sites is 1. The molecule has 117 valence electrons. The van der Waals surface area contributed by atoms with Crippen LogP contribution >= 0.6 is 0 Å². The third kappa shape index (κ3) is 2.83. The molecule has 2 aromatic rings. The molecule has 0 aliphatic heterocycles. The zero-order chi connectivity index (χ0) is 16.4. The number of benzene rings is 2. The van der Waals surface area contributed by atoms with Gasteiger partial charge < -0.3 is 5.32 Å². The van der Waals surface area contributed by atoms with E-state index in [9.17, 15) is 25.9 Å². The summed E-state index contributed by atoms with van der Waals surface area (Å²) in [4.78, 5) is 0. The Hall–Kier alpha value is -1.94. The van der Waals surface area contributed by atoms with E-state index >= 15 is 0 Å². The van der Waals surface area contributed by atoms with Crippen LogP contribution in [0.4, 0.5) is 5.69 Å². The predicted octanol–water partition coefficient (Wildman–Crippen LogP) is 1.48. The molecule has 9 heteroatoms. The molecule has 22 heavy (non-hydrogen) atoms. The van der Waals surface area contributed by atoms with Gasteiger partial charge in [0.05, 0.1) is 0 Å². The van der Waals surface area contributed by atoms with Crippen molar-refractivity contribution in [2.75, 3.05) is 5.32 Å². The van der Waals surface area contributed by atoms with E-state index in [4.69, 9.17) is 0 Å². The molecule has 0 saturated carbocycles. The van der Waals surface area contributed by atoms with Crippen LogP contribution in [0.1, 0.15) is 5.56 Å². The molecule has 2 aromatic carbocycles. The summed E-state index contributed by atoms with van der Waals surface area (Å²) < 4.78 is 63.3. The van der Waals surface area contributed by atoms with Gasteiger partial charge in [-0.05, 0) is 6.07 Å². The van der Waals surface area contributed by atoms with Crippen LogP contribution in [0.5, 0.6) is 0 Å². The lowest BCUT2D eigenvalue weighted by Gasteiger charge is -2.29. The fourth-order valence-corrected chi connectivity index (χ4v) is 4.35. The summed E-state index contributed by atoms with van der Waals surface area (Å²) in [5.74, 6) is 0. The number of hydrogen-bond donors (Lipinski definition) is 3. The molecule has 0 aliphatic rings. The Balaban J connectivity index is 2.79. The lowest BCUT2D eigenvalue weighted by molar-refractivity contribution is 0.434. The smallest absolute Gasteiger partial charge is 0.317 e. The lowest BCUT2D eigenvalue weighted by atomic mass is 10.2. The van der Waals surface area contributed by atoms with Gasteiger partial charge in [-0.25, -0.2) is 0 Å². The van der Waals surface area contributed by atoms with Crippen LogP contribution in [0.15, 0.2) is 54.6 Å². The van der Waals surface area contributed by atoms with E-state index in [1.165, 1.54) is 36.4 Å². The van der Waals surface area contributed by atoms with E-state index in [-0.39, 0.29) is 11.3 Å². The van der Waals surface area contributed by atoms with Gasteiger partial charge in [0.25, 0.3) is 0 Å². The monoisotopic (exact) mass is 342 g/mol. The molecular weight excluding hydrogens is 330 g/mol. The first-order valence-electron chi connectivity index (χ1n) is 5.93. The highest BCUT2D eigenvalue weighted by Crippen LogP contribution is 2.36. The molecule has 0 spiro atoms. The number of rotatable bonds is 5. The molecule has 7 nitrogen and oxygen atoms in total. The fraction of sp³-hybridized carbons (Fsp3) is 0.0769. The summed E-state index contributed by atoms with van der Waals surface area (Å²) in [6.45, 7) is 0. The molecule has 0 aliphatic carbocycles. The molecule has 0 heterocycles. The maximum absolute atomic E-state index is 11.8. The van der Waals surface area contributed by atoms with Crippen molar-refractivity contribution in [3.05, 3.63) is 66.2 Å². The molecule has 0 amide bonds. The molecule has 0 atom stereocenters. The summed E-state index contributed by atoms with van der Waals surface area (Å²) in [6.07, 6.45) is 0. The van der Waals surface area contributed by atoms with Gasteiger partial charge in [0.2, 0.25) is 0 Å². The Bertz CT molecular complexity index is 816. The maximum Gasteiger partial charge on any atom is 0.317 e. The van der Waals surface area contributed by atoms with Crippen molar-refractivity contribution in [3.63, 3.8) is 0 Å². The molecule has 3 N–H and O–H groups in total. The van der Waals surface area contributed by atoms with Gasteiger partial charge in [0.15, 0.2) is 0 Å². The number of hydrogen-bond acceptors (Lipinski definition) is 5. The molecular formula is C13H12NO6S2. The van der Waals surface area contributed by atoms with Crippen molar-refractivity contribution in [1.29, 1.82) is 0 Å². The van der Waals surface area contributed by atoms with Gasteiger partial charge in [-0.1, -0.05) is 48.5 Å². The topological polar surface area (TPSA) is 121 Å². The first kappa shape index (κ1) is 16.4. The Morgan fingerprint density at radius 1 is 0.864 bits per heavy atom. The first-order chi connectivity index (χ1) is 10.2. The van der Waals surface area contributed by atoms with Crippen molar-refractivity contribution in [2.45, 2.75) is 4.20 Å². The normalized spacial score (nSPS) is 12.8. The molecule has 2 rings (SSSR count). The Labute approximate surface area is 128 Å². The molecule has 0 fully saturated rings. The molecule has 0 unspecified atom stereocenters. The van der Waals surface area contributed by atoms with E-state index in [0.717, 1.165) is 12.1 Å². The van der Waals surface area contributed by atoms with Gasteiger partial charge in [0, 0.05) is 17.3 Å². The SMILES string of the molecule is O=S(=O)(O)C(Nc1[c]cccc1)(c1ccccc1)S(=O)(=O)O. The van der Waals surface area contributed by atoms with Crippen molar-refractivity contribution < 1.29 is 25.9 Å². The van der Waals surface area contributed by atoms with Gasteiger partial charge in [0.1, 0.15) is 0 Å². The van der Waals surface area contributed by atoms with Crippen LogP contribution in [-0.4, -0.2) is 25.9 Å².